The molecular formula is C12H25N3O3. The number of carboxylic acids is 1. The minimum atomic E-state index is -0.938. The molecule has 0 saturated heterocycles. The molecule has 6 heteroatoms. The number of carbonyl (C=O) groups excluding carboxylic acids is 1. The summed E-state index contributed by atoms with van der Waals surface area (Å²) >= 11 is 0. The smallest absolute Gasteiger partial charge is 0.303 e. The van der Waals surface area contributed by atoms with Gasteiger partial charge < -0.3 is 21.1 Å². The van der Waals surface area contributed by atoms with E-state index < -0.39 is 12.0 Å². The van der Waals surface area contributed by atoms with Gasteiger partial charge in [-0.15, -0.1) is 0 Å². The van der Waals surface area contributed by atoms with Crippen LogP contribution < -0.4 is 11.1 Å². The lowest BCUT2D eigenvalue weighted by Gasteiger charge is -2.26. The number of rotatable bonds is 8. The second-order valence-electron chi connectivity index (χ2n) is 5.16. The molecule has 6 nitrogen and oxygen atoms in total. The number of nitrogens with one attached hydrogen (secondary N) is 1. The van der Waals surface area contributed by atoms with Crippen molar-refractivity contribution in [3.8, 4) is 0 Å². The first-order valence-electron chi connectivity index (χ1n) is 6.16. The number of nitrogens with two attached hydrogens (primary N) is 1. The Kier molecular flexibility index (Phi) is 7.54. The molecule has 18 heavy (non-hydrogen) atoms. The number of aliphatic carboxylic acids is 1. The van der Waals surface area contributed by atoms with Gasteiger partial charge in [-0.3, -0.25) is 9.59 Å². The van der Waals surface area contributed by atoms with Crippen molar-refractivity contribution in [3.05, 3.63) is 0 Å². The van der Waals surface area contributed by atoms with Gasteiger partial charge in [0.25, 0.3) is 0 Å². The van der Waals surface area contributed by atoms with Gasteiger partial charge in [-0.05, 0) is 26.4 Å². The zero-order valence-corrected chi connectivity index (χ0v) is 11.6. The van der Waals surface area contributed by atoms with Crippen LogP contribution in [0.2, 0.25) is 0 Å². The molecule has 0 fully saturated rings. The first-order valence-corrected chi connectivity index (χ1v) is 6.16. The van der Waals surface area contributed by atoms with E-state index in [9.17, 15) is 9.59 Å². The van der Waals surface area contributed by atoms with Gasteiger partial charge in [0, 0.05) is 19.0 Å². The molecule has 0 saturated carbocycles. The molecule has 0 aromatic rings. The predicted molar refractivity (Wildman–Crippen MR) is 70.2 cm³/mol. The molecule has 106 valence electrons. The van der Waals surface area contributed by atoms with Crippen molar-refractivity contribution in [1.29, 1.82) is 0 Å². The van der Waals surface area contributed by atoms with E-state index in [1.807, 2.05) is 32.8 Å². The summed E-state index contributed by atoms with van der Waals surface area (Å²) in [6.07, 6.45) is 0.0720. The molecule has 0 rings (SSSR count). The molecule has 2 atom stereocenters. The van der Waals surface area contributed by atoms with Crippen molar-refractivity contribution in [2.24, 2.45) is 11.7 Å². The second kappa shape index (κ2) is 8.05. The van der Waals surface area contributed by atoms with E-state index in [-0.39, 0.29) is 24.8 Å². The topological polar surface area (TPSA) is 95.7 Å². The molecule has 0 aromatic carbocycles. The molecule has 0 aliphatic rings. The predicted octanol–water partition coefficient (Wildman–Crippen LogP) is -0.119. The zero-order chi connectivity index (χ0) is 14.3. The van der Waals surface area contributed by atoms with Crippen LogP contribution in [0.1, 0.15) is 26.7 Å². The number of hydrogen-bond acceptors (Lipinski definition) is 4. The molecule has 2 unspecified atom stereocenters. The number of nitrogens with zero attached hydrogens (tertiary/aromatic N) is 1. The first kappa shape index (κ1) is 16.9. The molecular weight excluding hydrogens is 234 g/mol. The minimum Gasteiger partial charge on any atom is -0.481 e. The molecule has 4 N–H and O–H groups in total. The van der Waals surface area contributed by atoms with Crippen LogP contribution in [0.25, 0.3) is 0 Å². The number of hydrogen-bond donors (Lipinski definition) is 3. The van der Waals surface area contributed by atoms with E-state index in [2.05, 4.69) is 5.32 Å². The van der Waals surface area contributed by atoms with Crippen molar-refractivity contribution in [2.45, 2.75) is 38.8 Å². The SMILES string of the molecule is CC(C)C(CN(C)C)NC(=O)C(N)CCC(=O)O. The maximum Gasteiger partial charge on any atom is 0.303 e. The molecule has 0 spiro atoms. The summed E-state index contributed by atoms with van der Waals surface area (Å²) in [6.45, 7) is 4.78. The molecule has 0 aromatic heterocycles. The van der Waals surface area contributed by atoms with Gasteiger partial charge in [-0.2, -0.15) is 0 Å². The van der Waals surface area contributed by atoms with Crippen LogP contribution in [0, 0.1) is 5.92 Å². The van der Waals surface area contributed by atoms with Crippen LogP contribution >= 0.6 is 0 Å². The maximum atomic E-state index is 11.8. The Bertz CT molecular complexity index is 280. The Morgan fingerprint density at radius 2 is 1.89 bits per heavy atom. The van der Waals surface area contributed by atoms with Crippen LogP contribution in [0.15, 0.2) is 0 Å². The summed E-state index contributed by atoms with van der Waals surface area (Å²) in [6, 6.07) is -0.743. The highest BCUT2D eigenvalue weighted by molar-refractivity contribution is 5.82. The Balaban J connectivity index is 4.27. The van der Waals surface area contributed by atoms with Gasteiger partial charge in [-0.1, -0.05) is 13.8 Å². The second-order valence-corrected chi connectivity index (χ2v) is 5.16. The summed E-state index contributed by atoms with van der Waals surface area (Å²) in [4.78, 5) is 24.2. The van der Waals surface area contributed by atoms with Crippen molar-refractivity contribution >= 4 is 11.9 Å². The van der Waals surface area contributed by atoms with Gasteiger partial charge in [0.15, 0.2) is 0 Å². The quantitative estimate of drug-likeness (QED) is 0.565. The largest absolute Gasteiger partial charge is 0.481 e. The van der Waals surface area contributed by atoms with Gasteiger partial charge in [-0.25, -0.2) is 0 Å². The summed E-state index contributed by atoms with van der Waals surface area (Å²) in [5.41, 5.74) is 5.66. The van der Waals surface area contributed by atoms with E-state index in [4.69, 9.17) is 10.8 Å². The maximum absolute atomic E-state index is 11.8. The highest BCUT2D eigenvalue weighted by Gasteiger charge is 2.21. The van der Waals surface area contributed by atoms with Gasteiger partial charge in [0.1, 0.15) is 0 Å². The van der Waals surface area contributed by atoms with Crippen molar-refractivity contribution in [1.82, 2.24) is 10.2 Å². The Morgan fingerprint density at radius 3 is 2.28 bits per heavy atom. The van der Waals surface area contributed by atoms with Crippen LogP contribution in [-0.2, 0) is 9.59 Å². The van der Waals surface area contributed by atoms with Gasteiger partial charge >= 0.3 is 5.97 Å². The van der Waals surface area contributed by atoms with Crippen LogP contribution in [0.3, 0.4) is 0 Å². The van der Waals surface area contributed by atoms with Crippen molar-refractivity contribution < 1.29 is 14.7 Å². The molecule has 1 amide bonds. The number of likely N-dealkylation sites (N-methyl/N-ethyl adjacent to an activating group) is 1. The highest BCUT2D eigenvalue weighted by Crippen LogP contribution is 2.04. The molecule has 0 radical (unpaired) electrons. The minimum absolute atomic E-state index is 0.0170. The third-order valence-electron chi connectivity index (χ3n) is 2.70. The van der Waals surface area contributed by atoms with Crippen LogP contribution in [-0.4, -0.2) is 54.6 Å². The van der Waals surface area contributed by atoms with E-state index in [1.165, 1.54) is 0 Å². The van der Waals surface area contributed by atoms with Gasteiger partial charge in [0.2, 0.25) is 5.91 Å². The molecule has 0 bridgehead atoms. The van der Waals surface area contributed by atoms with E-state index in [1.54, 1.807) is 0 Å². The van der Waals surface area contributed by atoms with Crippen molar-refractivity contribution in [3.63, 3.8) is 0 Å². The van der Waals surface area contributed by atoms with E-state index >= 15 is 0 Å². The highest BCUT2D eigenvalue weighted by atomic mass is 16.4. The normalized spacial score (nSPS) is 14.6. The molecule has 0 aliphatic heterocycles. The average molecular weight is 259 g/mol. The van der Waals surface area contributed by atoms with Crippen LogP contribution in [0.5, 0.6) is 0 Å². The van der Waals surface area contributed by atoms with E-state index in [0.29, 0.717) is 5.92 Å². The fourth-order valence-electron chi connectivity index (χ4n) is 1.52. The molecule has 0 heterocycles. The fraction of sp³-hybridized carbons (Fsp3) is 0.833. The number of carboxylic acid groups (broad SMARTS) is 1. The zero-order valence-electron chi connectivity index (χ0n) is 11.6. The monoisotopic (exact) mass is 259 g/mol. The first-order chi connectivity index (χ1) is 8.23. The lowest BCUT2D eigenvalue weighted by Crippen LogP contribution is -2.50. The summed E-state index contributed by atoms with van der Waals surface area (Å²) in [5, 5.41) is 11.4. The standard InChI is InChI=1S/C12H25N3O3/c1-8(2)10(7-15(3)4)14-12(18)9(13)5-6-11(16)17/h8-10H,5-7,13H2,1-4H3,(H,14,18)(H,16,17). The van der Waals surface area contributed by atoms with Crippen LogP contribution in [0.4, 0.5) is 0 Å². The van der Waals surface area contributed by atoms with Crippen molar-refractivity contribution in [2.75, 3.05) is 20.6 Å². The fourth-order valence-corrected chi connectivity index (χ4v) is 1.52. The number of amides is 1. The Hall–Kier alpha value is -1.14. The lowest BCUT2D eigenvalue weighted by atomic mass is 10.0. The summed E-state index contributed by atoms with van der Waals surface area (Å²) in [5.74, 6) is -0.924. The Labute approximate surface area is 109 Å². The summed E-state index contributed by atoms with van der Waals surface area (Å²) < 4.78 is 0. The number of carbonyl (C=O) groups is 2. The third kappa shape index (κ3) is 7.24. The lowest BCUT2D eigenvalue weighted by molar-refractivity contribution is -0.137. The summed E-state index contributed by atoms with van der Waals surface area (Å²) in [7, 11) is 3.87. The average Bonchev–Trinajstić information content (AvgIpc) is 2.23. The third-order valence-corrected chi connectivity index (χ3v) is 2.70. The van der Waals surface area contributed by atoms with Gasteiger partial charge in [0.05, 0.1) is 6.04 Å². The Morgan fingerprint density at radius 1 is 1.33 bits per heavy atom. The van der Waals surface area contributed by atoms with E-state index in [0.717, 1.165) is 6.54 Å². The molecule has 0 aliphatic carbocycles.